The van der Waals surface area contributed by atoms with Gasteiger partial charge >= 0.3 is 5.97 Å². The van der Waals surface area contributed by atoms with Gasteiger partial charge in [-0.2, -0.15) is 0 Å². The molecular weight excluding hydrogens is 352 g/mol. The second-order valence-electron chi connectivity index (χ2n) is 10.7. The predicted molar refractivity (Wildman–Crippen MR) is 106 cm³/mol. The van der Waals surface area contributed by atoms with Crippen LogP contribution in [-0.4, -0.2) is 23.1 Å². The highest BCUT2D eigenvalue weighted by atomic mass is 16.6. The minimum Gasteiger partial charge on any atom is -0.459 e. The van der Waals surface area contributed by atoms with E-state index in [1.54, 1.807) is 6.08 Å². The first kappa shape index (κ1) is 19.8. The predicted octanol–water partition coefficient (Wildman–Crippen LogP) is 4.66. The summed E-state index contributed by atoms with van der Waals surface area (Å²) >= 11 is 0. The molecule has 0 bridgehead atoms. The number of carbonyl (C=O) groups is 3. The molecule has 0 amide bonds. The fraction of sp³-hybridized carbons (Fsp3) is 0.792. The molecule has 0 unspecified atom stereocenters. The van der Waals surface area contributed by atoms with Crippen molar-refractivity contribution in [2.45, 2.75) is 85.2 Å². The van der Waals surface area contributed by atoms with Gasteiger partial charge in [-0.25, -0.2) is 0 Å². The molecule has 3 saturated carbocycles. The molecule has 0 aromatic heterocycles. The van der Waals surface area contributed by atoms with E-state index in [2.05, 4.69) is 27.7 Å². The fourth-order valence-electron chi connectivity index (χ4n) is 7.82. The zero-order chi connectivity index (χ0) is 20.5. The zero-order valence-electron chi connectivity index (χ0n) is 18.0. The van der Waals surface area contributed by atoms with E-state index in [0.29, 0.717) is 24.2 Å². The number of hydrogen-bond donors (Lipinski definition) is 0. The van der Waals surface area contributed by atoms with E-state index >= 15 is 0 Å². The van der Waals surface area contributed by atoms with Crippen LogP contribution < -0.4 is 0 Å². The minimum atomic E-state index is -0.354. The molecule has 4 aliphatic rings. The van der Waals surface area contributed by atoms with Gasteiger partial charge in [-0.3, -0.25) is 14.4 Å². The summed E-state index contributed by atoms with van der Waals surface area (Å²) in [5, 5.41) is 0. The minimum absolute atomic E-state index is 0.000376. The van der Waals surface area contributed by atoms with Crippen molar-refractivity contribution >= 4 is 17.5 Å². The summed E-state index contributed by atoms with van der Waals surface area (Å²) in [7, 11) is 0. The van der Waals surface area contributed by atoms with Gasteiger partial charge in [0.15, 0.2) is 0 Å². The van der Waals surface area contributed by atoms with Crippen molar-refractivity contribution in [1.29, 1.82) is 0 Å². The largest absolute Gasteiger partial charge is 0.459 e. The molecule has 4 aliphatic carbocycles. The number of allylic oxidation sites excluding steroid dienone is 1. The van der Waals surface area contributed by atoms with Crippen LogP contribution in [0.3, 0.4) is 0 Å². The first-order valence-corrected chi connectivity index (χ1v) is 11.0. The molecular formula is C24H34O4. The van der Waals surface area contributed by atoms with E-state index in [1.165, 1.54) is 12.5 Å². The Balaban J connectivity index is 1.72. The number of carbonyl (C=O) groups excluding carboxylic acids is 3. The average molecular weight is 387 g/mol. The fourth-order valence-corrected chi connectivity index (χ4v) is 7.82. The van der Waals surface area contributed by atoms with Gasteiger partial charge in [0, 0.05) is 18.8 Å². The van der Waals surface area contributed by atoms with E-state index in [-0.39, 0.29) is 39.9 Å². The molecule has 154 valence electrons. The van der Waals surface area contributed by atoms with Crippen LogP contribution in [0.2, 0.25) is 0 Å². The normalized spacial score (nSPS) is 44.2. The van der Waals surface area contributed by atoms with Gasteiger partial charge in [0.25, 0.3) is 0 Å². The first-order valence-electron chi connectivity index (χ1n) is 11.0. The van der Waals surface area contributed by atoms with Gasteiger partial charge in [-0.1, -0.05) is 33.3 Å². The van der Waals surface area contributed by atoms with Crippen molar-refractivity contribution in [3.05, 3.63) is 11.6 Å². The molecule has 3 fully saturated rings. The molecule has 0 radical (unpaired) electrons. The quantitative estimate of drug-likeness (QED) is 0.512. The first-order chi connectivity index (χ1) is 13.0. The van der Waals surface area contributed by atoms with Gasteiger partial charge in [0.05, 0.1) is 0 Å². The molecule has 28 heavy (non-hydrogen) atoms. The molecule has 4 heteroatoms. The van der Waals surface area contributed by atoms with E-state index in [1.807, 2.05) is 0 Å². The van der Waals surface area contributed by atoms with Gasteiger partial charge in [-0.05, 0) is 73.7 Å². The number of hydrogen-bond acceptors (Lipinski definition) is 4. The van der Waals surface area contributed by atoms with Crippen molar-refractivity contribution in [2.24, 2.45) is 34.5 Å². The summed E-state index contributed by atoms with van der Waals surface area (Å²) < 4.78 is 6.04. The van der Waals surface area contributed by atoms with Crippen LogP contribution >= 0.6 is 0 Å². The van der Waals surface area contributed by atoms with Crippen LogP contribution in [0.4, 0.5) is 0 Å². The highest BCUT2D eigenvalue weighted by molar-refractivity contribution is 6.42. The average Bonchev–Trinajstić information content (AvgIpc) is 2.89. The van der Waals surface area contributed by atoms with Crippen molar-refractivity contribution < 1.29 is 19.1 Å². The van der Waals surface area contributed by atoms with Crippen LogP contribution in [0, 0.1) is 34.5 Å². The molecule has 0 saturated heterocycles. The maximum Gasteiger partial charge on any atom is 0.303 e. The number of ether oxygens (including phenoxy) is 1. The summed E-state index contributed by atoms with van der Waals surface area (Å²) in [5.74, 6) is 1.04. The summed E-state index contributed by atoms with van der Waals surface area (Å²) in [5.41, 5.74) is 0.800. The smallest absolute Gasteiger partial charge is 0.303 e. The summed E-state index contributed by atoms with van der Waals surface area (Å²) in [6.45, 7) is 10.5. The highest BCUT2D eigenvalue weighted by Crippen LogP contribution is 2.68. The van der Waals surface area contributed by atoms with Crippen LogP contribution in [-0.2, 0) is 19.1 Å². The van der Waals surface area contributed by atoms with Crippen LogP contribution in [0.25, 0.3) is 0 Å². The van der Waals surface area contributed by atoms with Gasteiger partial charge in [0.1, 0.15) is 5.60 Å². The lowest BCUT2D eigenvalue weighted by Crippen LogP contribution is -2.56. The lowest BCUT2D eigenvalue weighted by atomic mass is 9.46. The van der Waals surface area contributed by atoms with Gasteiger partial charge in [-0.15, -0.1) is 0 Å². The standard InChI is InChI=1S/C24H34O4/c1-6-24(28-14(2)25)10-8-18-17-13-22(3,4)19-12-21(27)20(26)11-16(19)15(17)7-9-23(18,24)5/h12,15-18H,6-11,13H2,1-5H3/t15-,16-,17-,18+,23+,24-/m1/s1. The summed E-state index contributed by atoms with van der Waals surface area (Å²) in [4.78, 5) is 36.2. The summed E-state index contributed by atoms with van der Waals surface area (Å²) in [6, 6.07) is 0. The Kier molecular flexibility index (Phi) is 4.45. The van der Waals surface area contributed by atoms with Crippen LogP contribution in [0.5, 0.6) is 0 Å². The van der Waals surface area contributed by atoms with Crippen LogP contribution in [0.15, 0.2) is 11.6 Å². The van der Waals surface area contributed by atoms with Crippen molar-refractivity contribution in [3.63, 3.8) is 0 Å². The topological polar surface area (TPSA) is 60.4 Å². The second-order valence-corrected chi connectivity index (χ2v) is 10.7. The lowest BCUT2D eigenvalue weighted by molar-refractivity contribution is -0.182. The molecule has 0 N–H and O–H groups in total. The number of Topliss-reactive ketones (excluding diaryl/α,β-unsaturated/α-hetero) is 1. The monoisotopic (exact) mass is 386 g/mol. The number of fused-ring (bicyclic) bond motifs is 5. The van der Waals surface area contributed by atoms with E-state index in [9.17, 15) is 14.4 Å². The number of ketones is 2. The molecule has 4 nitrogen and oxygen atoms in total. The number of rotatable bonds is 2. The van der Waals surface area contributed by atoms with Crippen molar-refractivity contribution in [1.82, 2.24) is 0 Å². The molecule has 0 aromatic rings. The van der Waals surface area contributed by atoms with Crippen molar-refractivity contribution in [2.75, 3.05) is 0 Å². The lowest BCUT2D eigenvalue weighted by Gasteiger charge is -2.59. The molecule has 0 aromatic carbocycles. The number of esters is 1. The summed E-state index contributed by atoms with van der Waals surface area (Å²) in [6.07, 6.45) is 8.11. The third kappa shape index (κ3) is 2.59. The third-order valence-corrected chi connectivity index (χ3v) is 9.10. The van der Waals surface area contributed by atoms with Crippen molar-refractivity contribution in [3.8, 4) is 0 Å². The SMILES string of the molecule is CC[C@@]1(OC(C)=O)CC[C@H]2[C@@H]3CC(C)(C)C4=CC(=O)C(=O)C[C@@H]4[C@H]3CC[C@@]21C. The Morgan fingerprint density at radius 2 is 1.86 bits per heavy atom. The Morgan fingerprint density at radius 1 is 1.14 bits per heavy atom. The molecule has 6 atom stereocenters. The maximum absolute atomic E-state index is 12.2. The Labute approximate surface area is 168 Å². The van der Waals surface area contributed by atoms with Gasteiger partial charge in [0.2, 0.25) is 11.6 Å². The van der Waals surface area contributed by atoms with E-state index in [4.69, 9.17) is 4.74 Å². The molecule has 4 rings (SSSR count). The Bertz CT molecular complexity index is 763. The Hall–Kier alpha value is -1.45. The maximum atomic E-state index is 12.2. The van der Waals surface area contributed by atoms with E-state index < -0.39 is 0 Å². The molecule has 0 heterocycles. The van der Waals surface area contributed by atoms with Gasteiger partial charge < -0.3 is 4.74 Å². The second kappa shape index (κ2) is 6.27. The van der Waals surface area contributed by atoms with E-state index in [0.717, 1.165) is 38.5 Å². The Morgan fingerprint density at radius 3 is 2.50 bits per heavy atom. The molecule has 0 aliphatic heterocycles. The van der Waals surface area contributed by atoms with Crippen LogP contribution in [0.1, 0.15) is 79.6 Å². The third-order valence-electron chi connectivity index (χ3n) is 9.10. The zero-order valence-corrected chi connectivity index (χ0v) is 18.0. The molecule has 0 spiro atoms. The highest BCUT2D eigenvalue weighted by Gasteiger charge is 2.65.